The normalized spacial score (nSPS) is 20.1. The van der Waals surface area contributed by atoms with Crippen molar-refractivity contribution in [1.29, 1.82) is 0 Å². The average molecular weight is 150 g/mol. The smallest absolute Gasteiger partial charge is 0.249 e. The summed E-state index contributed by atoms with van der Waals surface area (Å²) in [5, 5.41) is 0. The van der Waals surface area contributed by atoms with Crippen molar-refractivity contribution in [3.63, 3.8) is 0 Å². The van der Waals surface area contributed by atoms with Crippen molar-refractivity contribution in [2.75, 3.05) is 6.54 Å². The number of nitrogens with zero attached hydrogens (tertiary/aromatic N) is 1. The van der Waals surface area contributed by atoms with Crippen LogP contribution in [0.3, 0.4) is 0 Å². The van der Waals surface area contributed by atoms with E-state index in [1.54, 1.807) is 0 Å². The van der Waals surface area contributed by atoms with Crippen LogP contribution >= 0.6 is 7.94 Å². The molecule has 0 aliphatic carbocycles. The third-order valence-corrected chi connectivity index (χ3v) is 2.26. The van der Waals surface area contributed by atoms with Gasteiger partial charge >= 0.3 is 7.94 Å². The van der Waals surface area contributed by atoms with Gasteiger partial charge in [0.25, 0.3) is 0 Å². The van der Waals surface area contributed by atoms with Gasteiger partial charge in [-0.15, -0.1) is 0 Å². The zero-order chi connectivity index (χ0) is 6.91. The summed E-state index contributed by atoms with van der Waals surface area (Å²) in [5.74, 6) is 0. The molecule has 0 aromatic rings. The maximum absolute atomic E-state index is 8.61. The lowest BCUT2D eigenvalue weighted by Crippen LogP contribution is -2.00. The highest BCUT2D eigenvalue weighted by Gasteiger charge is 2.40. The van der Waals surface area contributed by atoms with E-state index >= 15 is 0 Å². The third kappa shape index (κ3) is 1.69. The fraction of sp³-hybridized carbons (Fsp3) is 0.750. The first kappa shape index (κ1) is 7.09. The molecular weight excluding hydrogens is 141 g/mol. The van der Waals surface area contributed by atoms with E-state index in [0.717, 1.165) is 6.42 Å². The highest BCUT2D eigenvalue weighted by atomic mass is 31.2. The van der Waals surface area contributed by atoms with Gasteiger partial charge in [-0.1, -0.05) is 0 Å². The Bertz CT molecular complexity index is 139. The number of aliphatic imine (C=N–C) groups is 1. The monoisotopic (exact) mass is 150 g/mol. The molecule has 0 fully saturated rings. The molecule has 5 heteroatoms. The second kappa shape index (κ2) is 2.31. The maximum atomic E-state index is 8.61. The molecule has 0 aromatic carbocycles. The first-order valence-corrected chi connectivity index (χ1v) is 4.36. The molecule has 1 aliphatic rings. The van der Waals surface area contributed by atoms with Crippen LogP contribution in [-0.4, -0.2) is 26.7 Å². The highest BCUT2D eigenvalue weighted by Crippen LogP contribution is 2.49. The predicted octanol–water partition coefficient (Wildman–Crippen LogP) is -0.0818. The second-order valence-electron chi connectivity index (χ2n) is 1.97. The zero-order valence-electron chi connectivity index (χ0n) is 4.86. The lowest BCUT2D eigenvalue weighted by Gasteiger charge is -1.99. The zero-order valence-corrected chi connectivity index (χ0v) is 5.75. The van der Waals surface area contributed by atoms with Gasteiger partial charge in [0.2, 0.25) is 5.45 Å². The molecule has 0 amide bonds. The first-order valence-electron chi connectivity index (χ1n) is 2.72. The van der Waals surface area contributed by atoms with Gasteiger partial charge in [0.1, 0.15) is 0 Å². The molecule has 52 valence electrons. The minimum Gasteiger partial charge on any atom is -0.249 e. The van der Waals surface area contributed by atoms with Crippen molar-refractivity contribution >= 4 is 13.4 Å². The van der Waals surface area contributed by atoms with Gasteiger partial charge in [0, 0.05) is 13.0 Å². The van der Waals surface area contributed by atoms with Crippen molar-refractivity contribution < 1.29 is 14.7 Å². The van der Waals surface area contributed by atoms with E-state index in [1.807, 2.05) is 0 Å². The molecule has 9 heavy (non-hydrogen) atoms. The predicted molar refractivity (Wildman–Crippen MR) is 35.1 cm³/mol. The summed E-state index contributed by atoms with van der Waals surface area (Å²) in [7, 11) is -3.71. The van der Waals surface area contributed by atoms with E-state index in [0.29, 0.717) is 13.0 Å². The van der Waals surface area contributed by atoms with E-state index in [-0.39, 0.29) is 5.45 Å². The van der Waals surface area contributed by atoms with E-state index in [9.17, 15) is 0 Å². The molecular formula is C4H9NO3P+. The van der Waals surface area contributed by atoms with E-state index in [4.69, 9.17) is 14.7 Å². The summed E-state index contributed by atoms with van der Waals surface area (Å²) >= 11 is 0. The van der Waals surface area contributed by atoms with Crippen LogP contribution in [0.2, 0.25) is 0 Å². The topological polar surface area (TPSA) is 73.0 Å². The third-order valence-electron chi connectivity index (χ3n) is 1.20. The van der Waals surface area contributed by atoms with Crippen LogP contribution < -0.4 is 0 Å². The largest absolute Gasteiger partial charge is 0.455 e. The Balaban J connectivity index is 2.61. The molecule has 0 aromatic heterocycles. The van der Waals surface area contributed by atoms with Crippen molar-refractivity contribution in [2.24, 2.45) is 4.99 Å². The quantitative estimate of drug-likeness (QED) is 0.457. The standard InChI is InChI=1S/C4H9NO3P/c6-9(7,8)4-2-1-3-5-4/h6-8H,1-3H2/q+1. The minimum atomic E-state index is -3.71. The molecule has 1 heterocycles. The molecule has 1 aliphatic heterocycles. The van der Waals surface area contributed by atoms with Gasteiger partial charge in [-0.3, -0.25) is 0 Å². The highest BCUT2D eigenvalue weighted by molar-refractivity contribution is 7.76. The molecule has 0 spiro atoms. The Labute approximate surface area is 53.5 Å². The van der Waals surface area contributed by atoms with Gasteiger partial charge in [-0.05, 0) is 6.42 Å². The van der Waals surface area contributed by atoms with Crippen molar-refractivity contribution in [3.05, 3.63) is 0 Å². The molecule has 3 N–H and O–H groups in total. The first-order chi connectivity index (χ1) is 4.11. The summed E-state index contributed by atoms with van der Waals surface area (Å²) in [6.07, 6.45) is 1.34. The lowest BCUT2D eigenvalue weighted by atomic mass is 10.4. The number of hydrogen-bond acceptors (Lipinski definition) is 4. The summed E-state index contributed by atoms with van der Waals surface area (Å²) in [6.45, 7) is 0.610. The summed E-state index contributed by atoms with van der Waals surface area (Å²) in [4.78, 5) is 29.5. The molecule has 1 rings (SSSR count). The maximum Gasteiger partial charge on any atom is 0.455 e. The molecule has 0 unspecified atom stereocenters. The van der Waals surface area contributed by atoms with Crippen LogP contribution in [0.5, 0.6) is 0 Å². The Hall–Kier alpha value is -0.0200. The molecule has 0 radical (unpaired) electrons. The SMILES string of the molecule is O[P+](O)(O)C1=NCCC1. The van der Waals surface area contributed by atoms with E-state index < -0.39 is 7.94 Å². The van der Waals surface area contributed by atoms with Crippen molar-refractivity contribution in [2.45, 2.75) is 12.8 Å². The van der Waals surface area contributed by atoms with E-state index in [2.05, 4.69) is 4.99 Å². The molecule has 0 atom stereocenters. The van der Waals surface area contributed by atoms with Crippen LogP contribution in [0.25, 0.3) is 0 Å². The molecule has 0 bridgehead atoms. The Morgan fingerprint density at radius 3 is 2.22 bits per heavy atom. The average Bonchev–Trinajstić information content (AvgIpc) is 2.08. The van der Waals surface area contributed by atoms with Crippen LogP contribution in [0, 0.1) is 0 Å². The van der Waals surface area contributed by atoms with Crippen LogP contribution in [0.4, 0.5) is 0 Å². The molecule has 4 nitrogen and oxygen atoms in total. The second-order valence-corrected chi connectivity index (χ2v) is 3.62. The molecule has 0 saturated heterocycles. The van der Waals surface area contributed by atoms with Gasteiger partial charge in [-0.25, -0.2) is 4.99 Å². The fourth-order valence-electron chi connectivity index (χ4n) is 0.769. The van der Waals surface area contributed by atoms with Crippen molar-refractivity contribution in [1.82, 2.24) is 0 Å². The number of hydrogen-bond donors (Lipinski definition) is 3. The van der Waals surface area contributed by atoms with Gasteiger partial charge in [0.05, 0.1) is 0 Å². The summed E-state index contributed by atoms with van der Waals surface area (Å²) in [5.41, 5.74) is 0.183. The minimum absolute atomic E-state index is 0.183. The summed E-state index contributed by atoms with van der Waals surface area (Å²) < 4.78 is 0. The lowest BCUT2D eigenvalue weighted by molar-refractivity contribution is 0.350. The van der Waals surface area contributed by atoms with Crippen LogP contribution in [-0.2, 0) is 0 Å². The van der Waals surface area contributed by atoms with Crippen molar-refractivity contribution in [3.8, 4) is 0 Å². The van der Waals surface area contributed by atoms with Crippen LogP contribution in [0.15, 0.2) is 4.99 Å². The summed E-state index contributed by atoms with van der Waals surface area (Å²) in [6, 6.07) is 0. The number of rotatable bonds is 1. The van der Waals surface area contributed by atoms with Gasteiger partial charge < -0.3 is 0 Å². The Morgan fingerprint density at radius 1 is 1.33 bits per heavy atom. The molecule has 0 saturated carbocycles. The van der Waals surface area contributed by atoms with Crippen LogP contribution in [0.1, 0.15) is 12.8 Å². The Kier molecular flexibility index (Phi) is 1.82. The van der Waals surface area contributed by atoms with Gasteiger partial charge in [0.15, 0.2) is 0 Å². The van der Waals surface area contributed by atoms with E-state index in [1.165, 1.54) is 0 Å². The fourth-order valence-corrected chi connectivity index (χ4v) is 1.52. The van der Waals surface area contributed by atoms with Gasteiger partial charge in [-0.2, -0.15) is 14.7 Å². The Morgan fingerprint density at radius 2 is 2.00 bits per heavy atom.